The van der Waals surface area contributed by atoms with Gasteiger partial charge in [-0.3, -0.25) is 0 Å². The first kappa shape index (κ1) is 14.2. The maximum absolute atomic E-state index is 5.87. The minimum absolute atomic E-state index is 0.216. The van der Waals surface area contributed by atoms with Crippen molar-refractivity contribution in [2.45, 2.75) is 43.0 Å². The van der Waals surface area contributed by atoms with E-state index in [9.17, 15) is 0 Å². The second kappa shape index (κ2) is 6.27. The standard InChI is InChI=1S/C17H21NS/c1-12-6-4-5-7-17(12)19-16-9-8-15(11-14(3)18)13(2)10-16/h4-10,14H,11,18H2,1-3H3. The molecule has 1 atom stereocenters. The molecule has 2 rings (SSSR count). The summed E-state index contributed by atoms with van der Waals surface area (Å²) >= 11 is 1.82. The van der Waals surface area contributed by atoms with Gasteiger partial charge in [-0.25, -0.2) is 0 Å². The maximum Gasteiger partial charge on any atom is 0.0151 e. The summed E-state index contributed by atoms with van der Waals surface area (Å²) in [5.74, 6) is 0. The van der Waals surface area contributed by atoms with Crippen LogP contribution in [0.5, 0.6) is 0 Å². The summed E-state index contributed by atoms with van der Waals surface area (Å²) in [6, 6.07) is 15.4. The Balaban J connectivity index is 2.19. The van der Waals surface area contributed by atoms with Crippen LogP contribution in [0, 0.1) is 13.8 Å². The maximum atomic E-state index is 5.87. The van der Waals surface area contributed by atoms with E-state index in [1.165, 1.54) is 26.5 Å². The largest absolute Gasteiger partial charge is 0.328 e. The molecule has 2 aromatic carbocycles. The minimum atomic E-state index is 0.216. The Labute approximate surface area is 120 Å². The molecule has 1 nitrogen and oxygen atoms in total. The molecule has 0 bridgehead atoms. The van der Waals surface area contributed by atoms with Crippen molar-refractivity contribution < 1.29 is 0 Å². The van der Waals surface area contributed by atoms with Crippen LogP contribution in [-0.4, -0.2) is 6.04 Å². The monoisotopic (exact) mass is 271 g/mol. The second-order valence-electron chi connectivity index (χ2n) is 5.14. The zero-order valence-corrected chi connectivity index (χ0v) is 12.6. The highest BCUT2D eigenvalue weighted by Crippen LogP contribution is 2.31. The average molecular weight is 271 g/mol. The zero-order valence-electron chi connectivity index (χ0n) is 11.8. The van der Waals surface area contributed by atoms with Gasteiger partial charge in [-0.05, 0) is 62.1 Å². The molecule has 2 N–H and O–H groups in total. The molecule has 1 unspecified atom stereocenters. The molecule has 0 spiro atoms. The van der Waals surface area contributed by atoms with Crippen molar-refractivity contribution in [3.8, 4) is 0 Å². The van der Waals surface area contributed by atoms with E-state index in [0.29, 0.717) is 0 Å². The Kier molecular flexibility index (Phi) is 4.67. The molecule has 0 fully saturated rings. The van der Waals surface area contributed by atoms with E-state index in [-0.39, 0.29) is 6.04 Å². The van der Waals surface area contributed by atoms with Crippen LogP contribution in [0.15, 0.2) is 52.3 Å². The van der Waals surface area contributed by atoms with Gasteiger partial charge >= 0.3 is 0 Å². The van der Waals surface area contributed by atoms with Crippen LogP contribution in [0.4, 0.5) is 0 Å². The molecule has 2 aromatic rings. The SMILES string of the molecule is Cc1cc(Sc2ccccc2C)ccc1CC(C)N. The number of rotatable bonds is 4. The number of benzene rings is 2. The van der Waals surface area contributed by atoms with Gasteiger partial charge in [0.1, 0.15) is 0 Å². The van der Waals surface area contributed by atoms with Crippen molar-refractivity contribution >= 4 is 11.8 Å². The van der Waals surface area contributed by atoms with Gasteiger partial charge in [0.05, 0.1) is 0 Å². The first-order valence-electron chi connectivity index (χ1n) is 6.65. The van der Waals surface area contributed by atoms with Crippen molar-refractivity contribution in [3.63, 3.8) is 0 Å². The molecular formula is C17H21NS. The van der Waals surface area contributed by atoms with Gasteiger partial charge in [-0.1, -0.05) is 36.0 Å². The Morgan fingerprint density at radius 2 is 1.79 bits per heavy atom. The summed E-state index contributed by atoms with van der Waals surface area (Å²) in [4.78, 5) is 2.61. The van der Waals surface area contributed by atoms with Gasteiger partial charge in [0.15, 0.2) is 0 Å². The van der Waals surface area contributed by atoms with Crippen LogP contribution in [-0.2, 0) is 6.42 Å². The smallest absolute Gasteiger partial charge is 0.0151 e. The minimum Gasteiger partial charge on any atom is -0.328 e. The molecule has 0 aliphatic rings. The van der Waals surface area contributed by atoms with Crippen LogP contribution in [0.25, 0.3) is 0 Å². The van der Waals surface area contributed by atoms with Crippen LogP contribution >= 0.6 is 11.8 Å². The van der Waals surface area contributed by atoms with E-state index in [2.05, 4.69) is 63.2 Å². The molecule has 0 amide bonds. The summed E-state index contributed by atoms with van der Waals surface area (Å²) in [5, 5.41) is 0. The van der Waals surface area contributed by atoms with Gasteiger partial charge < -0.3 is 5.73 Å². The lowest BCUT2D eigenvalue weighted by Crippen LogP contribution is -2.18. The fourth-order valence-electron chi connectivity index (χ4n) is 2.11. The van der Waals surface area contributed by atoms with Crippen molar-refractivity contribution in [1.82, 2.24) is 0 Å². The molecule has 0 heterocycles. The summed E-state index contributed by atoms with van der Waals surface area (Å²) in [6.45, 7) is 6.37. The van der Waals surface area contributed by atoms with Crippen molar-refractivity contribution in [1.29, 1.82) is 0 Å². The highest BCUT2D eigenvalue weighted by Gasteiger charge is 2.05. The van der Waals surface area contributed by atoms with Crippen LogP contribution in [0.3, 0.4) is 0 Å². The van der Waals surface area contributed by atoms with E-state index in [0.717, 1.165) is 6.42 Å². The molecular weight excluding hydrogens is 250 g/mol. The highest BCUT2D eigenvalue weighted by molar-refractivity contribution is 7.99. The number of hydrogen-bond donors (Lipinski definition) is 1. The third-order valence-electron chi connectivity index (χ3n) is 3.18. The third-order valence-corrected chi connectivity index (χ3v) is 4.34. The molecule has 0 saturated heterocycles. The quantitative estimate of drug-likeness (QED) is 0.895. The lowest BCUT2D eigenvalue weighted by atomic mass is 10.0. The van der Waals surface area contributed by atoms with E-state index in [4.69, 9.17) is 5.73 Å². The molecule has 100 valence electrons. The van der Waals surface area contributed by atoms with Crippen LogP contribution < -0.4 is 5.73 Å². The van der Waals surface area contributed by atoms with Crippen LogP contribution in [0.2, 0.25) is 0 Å². The van der Waals surface area contributed by atoms with Gasteiger partial charge in [-0.2, -0.15) is 0 Å². The predicted octanol–water partition coefficient (Wildman–Crippen LogP) is 4.34. The number of hydrogen-bond acceptors (Lipinski definition) is 2. The van der Waals surface area contributed by atoms with Crippen LogP contribution in [0.1, 0.15) is 23.6 Å². The van der Waals surface area contributed by atoms with Crippen molar-refractivity contribution in [2.75, 3.05) is 0 Å². The molecule has 0 aliphatic carbocycles. The van der Waals surface area contributed by atoms with Gasteiger partial charge in [0.2, 0.25) is 0 Å². The van der Waals surface area contributed by atoms with E-state index in [1.807, 2.05) is 11.8 Å². The van der Waals surface area contributed by atoms with E-state index in [1.54, 1.807) is 0 Å². The van der Waals surface area contributed by atoms with Crippen molar-refractivity contribution in [2.24, 2.45) is 5.73 Å². The average Bonchev–Trinajstić information content (AvgIpc) is 2.35. The summed E-state index contributed by atoms with van der Waals surface area (Å²) in [7, 11) is 0. The zero-order chi connectivity index (χ0) is 13.8. The first-order chi connectivity index (χ1) is 9.06. The molecule has 0 aliphatic heterocycles. The fraction of sp³-hybridized carbons (Fsp3) is 0.294. The Hall–Kier alpha value is -1.25. The Morgan fingerprint density at radius 1 is 1.05 bits per heavy atom. The molecule has 0 radical (unpaired) electrons. The lowest BCUT2D eigenvalue weighted by molar-refractivity contribution is 0.734. The van der Waals surface area contributed by atoms with Gasteiger partial charge in [0, 0.05) is 15.8 Å². The third kappa shape index (κ3) is 3.85. The molecule has 2 heteroatoms. The second-order valence-corrected chi connectivity index (χ2v) is 6.25. The number of aryl methyl sites for hydroxylation is 2. The van der Waals surface area contributed by atoms with E-state index < -0.39 is 0 Å². The molecule has 0 aromatic heterocycles. The molecule has 19 heavy (non-hydrogen) atoms. The summed E-state index contributed by atoms with van der Waals surface area (Å²) in [5.41, 5.74) is 9.87. The van der Waals surface area contributed by atoms with Gasteiger partial charge in [0.25, 0.3) is 0 Å². The Bertz CT molecular complexity index is 561. The fourth-order valence-corrected chi connectivity index (χ4v) is 3.11. The van der Waals surface area contributed by atoms with Gasteiger partial charge in [-0.15, -0.1) is 0 Å². The molecule has 0 saturated carbocycles. The summed E-state index contributed by atoms with van der Waals surface area (Å²) < 4.78 is 0. The van der Waals surface area contributed by atoms with Crippen molar-refractivity contribution in [3.05, 3.63) is 59.2 Å². The van der Waals surface area contributed by atoms with E-state index >= 15 is 0 Å². The lowest BCUT2D eigenvalue weighted by Gasteiger charge is -2.11. The predicted molar refractivity (Wildman–Crippen MR) is 83.8 cm³/mol. The number of nitrogens with two attached hydrogens (primary N) is 1. The highest BCUT2D eigenvalue weighted by atomic mass is 32.2. The Morgan fingerprint density at radius 3 is 2.42 bits per heavy atom. The topological polar surface area (TPSA) is 26.0 Å². The summed E-state index contributed by atoms with van der Waals surface area (Å²) in [6.07, 6.45) is 0.946. The normalized spacial score (nSPS) is 12.4. The first-order valence-corrected chi connectivity index (χ1v) is 7.46.